The number of Topliss-reactive ketones (excluding diaryl/α,β-unsaturated/α-hetero) is 1. The number of amides is 2. The fraction of sp³-hybridized carbons (Fsp3) is 0.400. The highest BCUT2D eigenvalue weighted by molar-refractivity contribution is 6.00. The zero-order chi connectivity index (χ0) is 56.0. The van der Waals surface area contributed by atoms with Crippen LogP contribution in [0.4, 0.5) is 0 Å². The Morgan fingerprint density at radius 3 is 1.24 bits per heavy atom. The molecule has 2 amide bonds. The van der Waals surface area contributed by atoms with Crippen LogP contribution in [0.1, 0.15) is 115 Å². The molecule has 392 valence electrons. The molecule has 0 radical (unpaired) electrons. The van der Waals surface area contributed by atoms with Gasteiger partial charge in [-0.15, -0.1) is 12.8 Å². The van der Waals surface area contributed by atoms with Gasteiger partial charge in [-0.05, 0) is 43.2 Å². The number of benzene rings is 3. The number of carbonyl (C=O) groups excluding carboxylic acids is 3. The fourth-order valence-corrected chi connectivity index (χ4v) is 5.10. The van der Waals surface area contributed by atoms with Crippen LogP contribution in [0.15, 0.2) is 91.0 Å². The molecule has 0 bridgehead atoms. The van der Waals surface area contributed by atoms with Gasteiger partial charge < -0.3 is 57.8 Å². The number of nitrogens with two attached hydrogens (primary N) is 2. The van der Waals surface area contributed by atoms with E-state index in [-0.39, 0.29) is 70.0 Å². The molecule has 21 heteroatoms. The van der Waals surface area contributed by atoms with Crippen molar-refractivity contribution in [1.29, 1.82) is 0 Å². The van der Waals surface area contributed by atoms with Crippen molar-refractivity contribution >= 4 is 59.4 Å². The Hall–Kier alpha value is -7.96. The Morgan fingerprint density at radius 2 is 0.859 bits per heavy atom. The summed E-state index contributed by atoms with van der Waals surface area (Å²) in [5.74, 6) is -8.96. The molecule has 0 fully saturated rings. The van der Waals surface area contributed by atoms with Crippen LogP contribution in [0, 0.1) is 12.8 Å². The molecule has 0 saturated heterocycles. The fourth-order valence-electron chi connectivity index (χ4n) is 5.10. The molecular formula is C50H70N4O17. The summed E-state index contributed by atoms with van der Waals surface area (Å²) in [6.45, 7) is 8.00. The van der Waals surface area contributed by atoms with Crippen molar-refractivity contribution in [2.24, 2.45) is 11.5 Å². The highest BCUT2D eigenvalue weighted by atomic mass is 16.4. The first-order chi connectivity index (χ1) is 34.0. The van der Waals surface area contributed by atoms with Crippen LogP contribution in [-0.4, -0.2) is 119 Å². The number of nitrogens with one attached hydrogen (secondary N) is 2. The van der Waals surface area contributed by atoms with E-state index in [4.69, 9.17) is 43.5 Å². The first kappa shape index (κ1) is 67.3. The second-order valence-electron chi connectivity index (χ2n) is 13.9. The summed E-state index contributed by atoms with van der Waals surface area (Å²) >= 11 is 0. The van der Waals surface area contributed by atoms with E-state index in [9.17, 15) is 53.1 Å². The minimum absolute atomic E-state index is 0.0140. The van der Waals surface area contributed by atoms with Gasteiger partial charge in [0.1, 0.15) is 19.5 Å². The molecule has 13 N–H and O–H groups in total. The molecule has 0 aliphatic rings. The third kappa shape index (κ3) is 40.8. The monoisotopic (exact) mass is 999 g/mol. The Bertz CT molecular complexity index is 2070. The molecule has 0 heterocycles. The van der Waals surface area contributed by atoms with Gasteiger partial charge >= 0.3 is 41.8 Å². The second-order valence-corrected chi connectivity index (χ2v) is 13.9. The predicted octanol–water partition coefficient (Wildman–Crippen LogP) is 4.73. The van der Waals surface area contributed by atoms with Gasteiger partial charge in [-0.1, -0.05) is 119 Å². The molecule has 4 atom stereocenters. The second kappa shape index (κ2) is 44.5. The first-order valence-corrected chi connectivity index (χ1v) is 22.2. The third-order valence-corrected chi connectivity index (χ3v) is 8.45. The van der Waals surface area contributed by atoms with E-state index >= 15 is 0 Å². The van der Waals surface area contributed by atoms with Gasteiger partial charge in [-0.2, -0.15) is 0 Å². The number of carbonyl (C=O) groups is 10. The summed E-state index contributed by atoms with van der Waals surface area (Å²) in [6.07, 6.45) is 5.36. The zero-order valence-corrected chi connectivity index (χ0v) is 40.4. The molecular weight excluding hydrogens is 929 g/mol. The van der Waals surface area contributed by atoms with Crippen LogP contribution < -0.4 is 22.1 Å². The maximum absolute atomic E-state index is 12.5. The van der Waals surface area contributed by atoms with Crippen molar-refractivity contribution in [3.63, 3.8) is 0 Å². The van der Waals surface area contributed by atoms with Crippen LogP contribution >= 0.6 is 0 Å². The van der Waals surface area contributed by atoms with Gasteiger partial charge in [-0.3, -0.25) is 43.2 Å². The molecule has 71 heavy (non-hydrogen) atoms. The molecule has 0 saturated carbocycles. The third-order valence-electron chi connectivity index (χ3n) is 8.45. The van der Waals surface area contributed by atoms with E-state index in [1.54, 1.807) is 60.7 Å². The van der Waals surface area contributed by atoms with Crippen molar-refractivity contribution in [3.05, 3.63) is 108 Å². The van der Waals surface area contributed by atoms with Crippen molar-refractivity contribution in [2.45, 2.75) is 129 Å². The number of carboxylic acids is 7. The highest BCUT2D eigenvalue weighted by Gasteiger charge is 2.27. The molecule has 3 aromatic rings. The Balaban J connectivity index is -0.000000450. The van der Waals surface area contributed by atoms with Gasteiger partial charge in [-0.25, -0.2) is 4.79 Å². The van der Waals surface area contributed by atoms with E-state index in [1.165, 1.54) is 6.40 Å². The summed E-state index contributed by atoms with van der Waals surface area (Å²) in [7, 11) is 0. The van der Waals surface area contributed by atoms with Crippen LogP contribution in [0.25, 0.3) is 0 Å². The molecule has 0 aliphatic carbocycles. The number of terminal acetylenes is 1. The van der Waals surface area contributed by atoms with Gasteiger partial charge in [0.25, 0.3) is 0 Å². The Morgan fingerprint density at radius 1 is 0.493 bits per heavy atom. The minimum atomic E-state index is -1.27. The lowest BCUT2D eigenvalue weighted by atomic mass is 10.0. The summed E-state index contributed by atoms with van der Waals surface area (Å²) in [5, 5.41) is 64.5. The largest absolute Gasteiger partial charge is 0.481 e. The number of hydrogen-bond acceptors (Lipinski definition) is 12. The predicted molar refractivity (Wildman–Crippen MR) is 263 cm³/mol. The lowest BCUT2D eigenvalue weighted by Crippen LogP contribution is -2.52. The maximum Gasteiger partial charge on any atom is 0.326 e. The SMILES string of the molecule is CC.CC.NC(CCC(=O)O)C(=O)c1ccccc1.NC(Cc1ccccc1)C(=O)O.O=C(O)CCCC(=O)NC(CCC(=O)O)C(=O)NC(Cc1ccccc1)C(=O)O.O=C(O)CCCC(=O)O.[2H]C#C. The summed E-state index contributed by atoms with van der Waals surface area (Å²) in [6, 6.07) is 22.6. The minimum Gasteiger partial charge on any atom is -0.481 e. The molecule has 3 rings (SSSR count). The van der Waals surface area contributed by atoms with Gasteiger partial charge in [0.15, 0.2) is 5.78 Å². The van der Waals surface area contributed by atoms with E-state index < -0.39 is 84.2 Å². The lowest BCUT2D eigenvalue weighted by Gasteiger charge is -2.21. The van der Waals surface area contributed by atoms with Crippen molar-refractivity contribution in [3.8, 4) is 12.8 Å². The molecule has 21 nitrogen and oxygen atoms in total. The zero-order valence-electron chi connectivity index (χ0n) is 41.4. The topological polar surface area (TPSA) is 388 Å². The quantitative estimate of drug-likeness (QED) is 0.0403. The van der Waals surface area contributed by atoms with E-state index in [0.29, 0.717) is 17.5 Å². The molecule has 0 spiro atoms. The highest BCUT2D eigenvalue weighted by Crippen LogP contribution is 2.08. The molecule has 0 aliphatic heterocycles. The Kier molecular flexibility index (Phi) is 42.2. The maximum atomic E-state index is 12.5. The standard InChI is InChI=1S/C19H24N2O8.C11H13NO3.C9H11NO2.C5H8O4.2C2H6.C2H2/c22-15(7-4-8-16(23)24)20-13(9-10-17(25)26)18(27)21-14(19(28)29)11-12-5-2-1-3-6-12;12-9(6-7-10(13)14)11(15)8-4-2-1-3-5-8;10-8(9(11)12)6-7-4-2-1-3-5-7;6-4(7)2-1-3-5(8)9;3*1-2/h1-3,5-6,13-14H,4,7-11H2,(H,20,22)(H,21,27)(H,23,24)(H,25,26)(H,28,29);1-5,9H,6-7,12H2,(H,13,14);1-5,8H,6,10H2,(H,11,12);1-3H2,(H,6,7)(H,8,9);2*1-2H3;1-2H/i;;;;;;1D. The van der Waals surface area contributed by atoms with Gasteiger partial charge in [0.05, 0.1) is 6.04 Å². The van der Waals surface area contributed by atoms with Crippen LogP contribution in [-0.2, 0) is 56.0 Å². The molecule has 0 aromatic heterocycles. The summed E-state index contributed by atoms with van der Waals surface area (Å²) < 4.78 is 5.74. The van der Waals surface area contributed by atoms with Crippen molar-refractivity contribution in [2.75, 3.05) is 0 Å². The van der Waals surface area contributed by atoms with E-state index in [1.807, 2.05) is 58.0 Å². The normalized spacial score (nSPS) is 11.1. The van der Waals surface area contributed by atoms with Crippen molar-refractivity contribution < 1.29 is 85.1 Å². The van der Waals surface area contributed by atoms with E-state index in [0.717, 1.165) is 5.56 Å². The van der Waals surface area contributed by atoms with Crippen molar-refractivity contribution in [1.82, 2.24) is 10.6 Å². The first-order valence-electron chi connectivity index (χ1n) is 22.7. The lowest BCUT2D eigenvalue weighted by molar-refractivity contribution is -0.143. The average Bonchev–Trinajstić information content (AvgIpc) is 3.34. The molecule has 3 aromatic carbocycles. The van der Waals surface area contributed by atoms with E-state index in [2.05, 4.69) is 17.1 Å². The summed E-state index contributed by atoms with van der Waals surface area (Å²) in [4.78, 5) is 109. The summed E-state index contributed by atoms with van der Waals surface area (Å²) in [5.41, 5.74) is 13.1. The van der Waals surface area contributed by atoms with Crippen LogP contribution in [0.5, 0.6) is 0 Å². The van der Waals surface area contributed by atoms with Crippen LogP contribution in [0.2, 0.25) is 0 Å². The smallest absolute Gasteiger partial charge is 0.326 e. The average molecular weight is 1000 g/mol. The van der Waals surface area contributed by atoms with Gasteiger partial charge in [0, 0.05) is 50.5 Å². The number of carboxylic acid groups (broad SMARTS) is 7. The number of ketones is 1. The van der Waals surface area contributed by atoms with Crippen LogP contribution in [0.3, 0.4) is 0 Å². The Labute approximate surface area is 415 Å². The number of rotatable bonds is 25. The number of aliphatic carboxylic acids is 7. The molecule has 4 unspecified atom stereocenters. The van der Waals surface area contributed by atoms with Gasteiger partial charge in [0.2, 0.25) is 11.8 Å². The number of hydrogen-bond donors (Lipinski definition) is 11.